The number of rotatable bonds is 4. The monoisotopic (exact) mass is 359 g/mol. The van der Waals surface area contributed by atoms with Gasteiger partial charge in [0.2, 0.25) is 0 Å². The van der Waals surface area contributed by atoms with Gasteiger partial charge in [-0.2, -0.15) is 0 Å². The van der Waals surface area contributed by atoms with E-state index in [1.165, 1.54) is 18.2 Å². The second-order valence-electron chi connectivity index (χ2n) is 4.30. The van der Waals surface area contributed by atoms with Crippen molar-refractivity contribution in [1.82, 2.24) is 5.32 Å². The topological polar surface area (TPSA) is 12.0 Å². The van der Waals surface area contributed by atoms with Crippen LogP contribution in [0.25, 0.3) is 0 Å². The fourth-order valence-corrected chi connectivity index (χ4v) is 2.63. The standard InChI is InChI=1S/C15H13BrClF2N/c1-2-20-15(10-4-3-5-12(16)14(10)19)11-8-9(17)6-7-13(11)18/h3-8,15,20H,2H2,1H3. The van der Waals surface area contributed by atoms with Crippen LogP contribution in [0.5, 0.6) is 0 Å². The molecule has 0 amide bonds. The van der Waals surface area contributed by atoms with Crippen molar-refractivity contribution in [2.45, 2.75) is 13.0 Å². The summed E-state index contributed by atoms with van der Waals surface area (Å²) in [6.45, 7) is 2.45. The van der Waals surface area contributed by atoms with E-state index in [1.54, 1.807) is 18.2 Å². The Morgan fingerprint density at radius 3 is 2.65 bits per heavy atom. The first-order valence-corrected chi connectivity index (χ1v) is 7.34. The van der Waals surface area contributed by atoms with Gasteiger partial charge in [-0.3, -0.25) is 0 Å². The summed E-state index contributed by atoms with van der Waals surface area (Å²) < 4.78 is 28.6. The maximum absolute atomic E-state index is 14.3. The molecule has 5 heteroatoms. The number of benzene rings is 2. The Balaban J connectivity index is 2.56. The van der Waals surface area contributed by atoms with Crippen LogP contribution < -0.4 is 5.32 Å². The minimum Gasteiger partial charge on any atom is -0.306 e. The van der Waals surface area contributed by atoms with E-state index >= 15 is 0 Å². The summed E-state index contributed by atoms with van der Waals surface area (Å²) in [7, 11) is 0. The molecule has 0 heterocycles. The van der Waals surface area contributed by atoms with E-state index in [1.807, 2.05) is 6.92 Å². The predicted molar refractivity (Wildman–Crippen MR) is 81.0 cm³/mol. The van der Waals surface area contributed by atoms with Crippen molar-refractivity contribution in [3.05, 3.63) is 68.7 Å². The Morgan fingerprint density at radius 1 is 1.20 bits per heavy atom. The van der Waals surface area contributed by atoms with Crippen LogP contribution in [0.4, 0.5) is 8.78 Å². The summed E-state index contributed by atoms with van der Waals surface area (Å²) in [5.41, 5.74) is 0.707. The molecule has 0 saturated heterocycles. The van der Waals surface area contributed by atoms with Crippen molar-refractivity contribution in [1.29, 1.82) is 0 Å². The molecule has 1 nitrogen and oxygen atoms in total. The molecular formula is C15H13BrClF2N. The minimum atomic E-state index is -0.587. The quantitative estimate of drug-likeness (QED) is 0.802. The molecule has 106 valence electrons. The molecule has 0 fully saturated rings. The van der Waals surface area contributed by atoms with Gasteiger partial charge in [-0.15, -0.1) is 0 Å². The smallest absolute Gasteiger partial charge is 0.142 e. The molecule has 2 aromatic rings. The van der Waals surface area contributed by atoms with Gasteiger partial charge < -0.3 is 5.32 Å². The average Bonchev–Trinajstić information content (AvgIpc) is 2.43. The van der Waals surface area contributed by atoms with E-state index in [2.05, 4.69) is 21.2 Å². The molecular weight excluding hydrogens is 348 g/mol. The van der Waals surface area contributed by atoms with Gasteiger partial charge in [-0.1, -0.05) is 30.7 Å². The Hall–Kier alpha value is -0.970. The lowest BCUT2D eigenvalue weighted by Gasteiger charge is -2.20. The fraction of sp³-hybridized carbons (Fsp3) is 0.200. The molecule has 2 rings (SSSR count). The van der Waals surface area contributed by atoms with E-state index in [9.17, 15) is 8.78 Å². The van der Waals surface area contributed by atoms with Crippen molar-refractivity contribution >= 4 is 27.5 Å². The first kappa shape index (κ1) is 15.4. The van der Waals surface area contributed by atoms with Crippen molar-refractivity contribution < 1.29 is 8.78 Å². The first-order valence-electron chi connectivity index (χ1n) is 6.16. The molecule has 1 atom stereocenters. The van der Waals surface area contributed by atoms with Gasteiger partial charge in [0, 0.05) is 16.1 Å². The average molecular weight is 361 g/mol. The van der Waals surface area contributed by atoms with Crippen molar-refractivity contribution in [3.63, 3.8) is 0 Å². The summed E-state index contributed by atoms with van der Waals surface area (Å²) in [4.78, 5) is 0. The lowest BCUT2D eigenvalue weighted by molar-refractivity contribution is 0.528. The molecule has 2 aromatic carbocycles. The summed E-state index contributed by atoms with van der Waals surface area (Å²) in [5.74, 6) is -0.822. The molecule has 0 radical (unpaired) electrons. The van der Waals surface area contributed by atoms with Crippen LogP contribution in [0, 0.1) is 11.6 Å². The third-order valence-corrected chi connectivity index (χ3v) is 3.82. The van der Waals surface area contributed by atoms with Crippen molar-refractivity contribution in [2.24, 2.45) is 0 Å². The van der Waals surface area contributed by atoms with Gasteiger partial charge in [0.15, 0.2) is 0 Å². The van der Waals surface area contributed by atoms with Gasteiger partial charge in [-0.25, -0.2) is 8.78 Å². The molecule has 20 heavy (non-hydrogen) atoms. The van der Waals surface area contributed by atoms with E-state index in [0.717, 1.165) is 0 Å². The third-order valence-electron chi connectivity index (χ3n) is 2.97. The zero-order valence-corrected chi connectivity index (χ0v) is 13.1. The maximum atomic E-state index is 14.3. The molecule has 0 spiro atoms. The SMILES string of the molecule is CCNC(c1cc(Cl)ccc1F)c1cccc(Br)c1F. The highest BCUT2D eigenvalue weighted by atomic mass is 79.9. The van der Waals surface area contributed by atoms with Crippen LogP contribution in [0.3, 0.4) is 0 Å². The maximum Gasteiger partial charge on any atom is 0.142 e. The minimum absolute atomic E-state index is 0.330. The lowest BCUT2D eigenvalue weighted by Crippen LogP contribution is -2.24. The van der Waals surface area contributed by atoms with Gasteiger partial charge in [0.1, 0.15) is 11.6 Å². The number of halogens is 4. The summed E-state index contributed by atoms with van der Waals surface area (Å²) >= 11 is 9.07. The van der Waals surface area contributed by atoms with Crippen LogP contribution in [-0.2, 0) is 0 Å². The number of hydrogen-bond donors (Lipinski definition) is 1. The van der Waals surface area contributed by atoms with Crippen LogP contribution in [0.1, 0.15) is 24.1 Å². The zero-order chi connectivity index (χ0) is 14.7. The Labute approximate surface area is 130 Å². The van der Waals surface area contributed by atoms with Crippen molar-refractivity contribution in [3.8, 4) is 0 Å². The van der Waals surface area contributed by atoms with Gasteiger partial charge in [0.05, 0.1) is 10.5 Å². The van der Waals surface area contributed by atoms with Gasteiger partial charge in [0.25, 0.3) is 0 Å². The molecule has 0 aliphatic carbocycles. The Bertz CT molecular complexity index is 617. The van der Waals surface area contributed by atoms with Crippen LogP contribution >= 0.6 is 27.5 Å². The molecule has 0 saturated carbocycles. The van der Waals surface area contributed by atoms with Crippen LogP contribution in [-0.4, -0.2) is 6.54 Å². The van der Waals surface area contributed by atoms with E-state index in [4.69, 9.17) is 11.6 Å². The van der Waals surface area contributed by atoms with E-state index in [-0.39, 0.29) is 0 Å². The molecule has 1 N–H and O–H groups in total. The summed E-state index contributed by atoms with van der Waals surface area (Å²) in [6.07, 6.45) is 0. The zero-order valence-electron chi connectivity index (χ0n) is 10.8. The molecule has 0 aliphatic heterocycles. The lowest BCUT2D eigenvalue weighted by atomic mass is 9.97. The molecule has 1 unspecified atom stereocenters. The van der Waals surface area contributed by atoms with Crippen LogP contribution in [0.2, 0.25) is 5.02 Å². The van der Waals surface area contributed by atoms with E-state index in [0.29, 0.717) is 27.2 Å². The van der Waals surface area contributed by atoms with Crippen molar-refractivity contribution in [2.75, 3.05) is 6.54 Å². The predicted octanol–water partition coefficient (Wildman–Crippen LogP) is 5.08. The second kappa shape index (κ2) is 6.66. The van der Waals surface area contributed by atoms with Gasteiger partial charge >= 0.3 is 0 Å². The Morgan fingerprint density at radius 2 is 1.95 bits per heavy atom. The second-order valence-corrected chi connectivity index (χ2v) is 5.59. The molecule has 0 aliphatic rings. The first-order chi connectivity index (χ1) is 9.54. The van der Waals surface area contributed by atoms with Gasteiger partial charge in [-0.05, 0) is 46.7 Å². The number of nitrogens with one attached hydrogen (secondary N) is 1. The summed E-state index contributed by atoms with van der Waals surface area (Å²) in [5, 5.41) is 3.51. The number of hydrogen-bond acceptors (Lipinski definition) is 1. The highest BCUT2D eigenvalue weighted by Crippen LogP contribution is 2.31. The largest absolute Gasteiger partial charge is 0.306 e. The third kappa shape index (κ3) is 3.19. The highest BCUT2D eigenvalue weighted by Gasteiger charge is 2.21. The van der Waals surface area contributed by atoms with E-state index < -0.39 is 17.7 Å². The summed E-state index contributed by atoms with van der Waals surface area (Å²) in [6, 6.07) is 8.65. The normalized spacial score (nSPS) is 12.4. The van der Waals surface area contributed by atoms with Crippen LogP contribution in [0.15, 0.2) is 40.9 Å². The Kier molecular flexibility index (Phi) is 5.13. The molecule has 0 aromatic heterocycles. The highest BCUT2D eigenvalue weighted by molar-refractivity contribution is 9.10. The molecule has 0 bridgehead atoms. The fourth-order valence-electron chi connectivity index (χ4n) is 2.07.